The first-order valence-electron chi connectivity index (χ1n) is 5.26. The van der Waals surface area contributed by atoms with Crippen molar-refractivity contribution in [3.8, 4) is 0 Å². The number of thiazole rings is 1. The molecule has 16 heavy (non-hydrogen) atoms. The highest BCUT2D eigenvalue weighted by molar-refractivity contribution is 7.07. The third-order valence-corrected chi connectivity index (χ3v) is 3.65. The molecule has 1 atom stereocenters. The minimum Gasteiger partial charge on any atom is -0.350 e. The average molecular weight is 241 g/mol. The summed E-state index contributed by atoms with van der Waals surface area (Å²) >= 11 is 1.11. The molecule has 1 aliphatic heterocycles. The monoisotopic (exact) mass is 241 g/mol. The van der Waals surface area contributed by atoms with Crippen LogP contribution in [0.3, 0.4) is 0 Å². The summed E-state index contributed by atoms with van der Waals surface area (Å²) in [5, 5.41) is 7.77. The fourth-order valence-electron chi connectivity index (χ4n) is 1.80. The maximum absolute atomic E-state index is 11.9. The van der Waals surface area contributed by atoms with Gasteiger partial charge in [0.2, 0.25) is 5.91 Å². The van der Waals surface area contributed by atoms with Gasteiger partial charge in [-0.1, -0.05) is 11.3 Å². The maximum atomic E-state index is 11.9. The Kier molecular flexibility index (Phi) is 3.11. The predicted molar refractivity (Wildman–Crippen MR) is 62.4 cm³/mol. The van der Waals surface area contributed by atoms with Crippen LogP contribution >= 0.6 is 11.3 Å². The quantitative estimate of drug-likeness (QED) is 0.700. The molecule has 1 aromatic heterocycles. The third-order valence-electron chi connectivity index (χ3n) is 2.93. The van der Waals surface area contributed by atoms with Gasteiger partial charge >= 0.3 is 4.87 Å². The van der Waals surface area contributed by atoms with Crippen molar-refractivity contribution in [3.63, 3.8) is 0 Å². The molecule has 1 aromatic rings. The van der Waals surface area contributed by atoms with E-state index in [9.17, 15) is 9.59 Å². The lowest BCUT2D eigenvalue weighted by atomic mass is 9.89. The standard InChI is InChI=1S/C10H15N3O2S/c1-10(2-3-11-6-10)8(14)12-4-7-5-16-9(15)13-7/h5,11H,2-4,6H2,1H3,(H,12,14)(H,13,15). The van der Waals surface area contributed by atoms with Crippen LogP contribution in [0.15, 0.2) is 10.2 Å². The first kappa shape index (κ1) is 11.3. The Hall–Kier alpha value is -1.14. The zero-order valence-electron chi connectivity index (χ0n) is 9.13. The number of aromatic nitrogens is 1. The topological polar surface area (TPSA) is 74.0 Å². The number of hydrogen-bond acceptors (Lipinski definition) is 4. The smallest absolute Gasteiger partial charge is 0.304 e. The van der Waals surface area contributed by atoms with E-state index in [1.165, 1.54) is 0 Å². The lowest BCUT2D eigenvalue weighted by Gasteiger charge is -2.21. The second-order valence-electron chi connectivity index (χ2n) is 4.34. The van der Waals surface area contributed by atoms with Gasteiger partial charge in [-0.2, -0.15) is 0 Å². The van der Waals surface area contributed by atoms with E-state index < -0.39 is 0 Å². The molecule has 6 heteroatoms. The van der Waals surface area contributed by atoms with Gasteiger partial charge in [-0.25, -0.2) is 0 Å². The molecule has 1 amide bonds. The van der Waals surface area contributed by atoms with Gasteiger partial charge in [0, 0.05) is 17.6 Å². The summed E-state index contributed by atoms with van der Waals surface area (Å²) in [7, 11) is 0. The Morgan fingerprint density at radius 3 is 3.06 bits per heavy atom. The molecule has 0 aromatic carbocycles. The number of H-pyrrole nitrogens is 1. The van der Waals surface area contributed by atoms with Gasteiger partial charge in [-0.05, 0) is 19.9 Å². The molecule has 0 spiro atoms. The van der Waals surface area contributed by atoms with Crippen molar-refractivity contribution in [2.45, 2.75) is 19.9 Å². The van der Waals surface area contributed by atoms with E-state index in [2.05, 4.69) is 15.6 Å². The lowest BCUT2D eigenvalue weighted by molar-refractivity contribution is -0.129. The minimum atomic E-state index is -0.309. The van der Waals surface area contributed by atoms with Gasteiger partial charge in [0.05, 0.1) is 12.0 Å². The van der Waals surface area contributed by atoms with E-state index >= 15 is 0 Å². The summed E-state index contributed by atoms with van der Waals surface area (Å²) in [5.74, 6) is 0.0459. The SMILES string of the molecule is CC1(C(=O)NCc2csc(=O)[nH]2)CCNC1. The summed E-state index contributed by atoms with van der Waals surface area (Å²) in [6.07, 6.45) is 0.860. The molecular weight excluding hydrogens is 226 g/mol. The Balaban J connectivity index is 1.90. The van der Waals surface area contributed by atoms with E-state index in [1.54, 1.807) is 5.38 Å². The molecule has 5 nitrogen and oxygen atoms in total. The Bertz CT molecular complexity index is 431. The number of carbonyl (C=O) groups excluding carboxylic acids is 1. The Labute approximate surface area is 97.3 Å². The molecule has 88 valence electrons. The van der Waals surface area contributed by atoms with Gasteiger partial charge < -0.3 is 15.6 Å². The molecule has 1 aliphatic rings. The molecule has 0 saturated carbocycles. The summed E-state index contributed by atoms with van der Waals surface area (Å²) in [6.45, 7) is 3.96. The summed E-state index contributed by atoms with van der Waals surface area (Å²) in [4.78, 5) is 25.4. The molecule has 1 fully saturated rings. The molecule has 0 bridgehead atoms. The van der Waals surface area contributed by atoms with Crippen LogP contribution in [-0.4, -0.2) is 24.0 Å². The number of rotatable bonds is 3. The number of carbonyl (C=O) groups is 1. The number of amides is 1. The second kappa shape index (κ2) is 4.39. The normalized spacial score (nSPS) is 24.6. The van der Waals surface area contributed by atoms with E-state index in [1.807, 2.05) is 6.92 Å². The van der Waals surface area contributed by atoms with Crippen LogP contribution in [0.4, 0.5) is 0 Å². The summed E-state index contributed by atoms with van der Waals surface area (Å²) < 4.78 is 0. The van der Waals surface area contributed by atoms with Crippen molar-refractivity contribution < 1.29 is 4.79 Å². The van der Waals surface area contributed by atoms with Crippen LogP contribution in [0.25, 0.3) is 0 Å². The van der Waals surface area contributed by atoms with Gasteiger partial charge in [-0.3, -0.25) is 9.59 Å². The van der Waals surface area contributed by atoms with Crippen molar-refractivity contribution >= 4 is 17.2 Å². The zero-order valence-corrected chi connectivity index (χ0v) is 9.95. The van der Waals surface area contributed by atoms with Crippen LogP contribution in [0.1, 0.15) is 19.0 Å². The Morgan fingerprint density at radius 1 is 1.69 bits per heavy atom. The molecule has 1 unspecified atom stereocenters. The third kappa shape index (κ3) is 2.33. The van der Waals surface area contributed by atoms with E-state index in [4.69, 9.17) is 0 Å². The van der Waals surface area contributed by atoms with Crippen molar-refractivity contribution in [1.29, 1.82) is 0 Å². The highest BCUT2D eigenvalue weighted by Gasteiger charge is 2.35. The predicted octanol–water partition coefficient (Wildman–Crippen LogP) is 0.0522. The van der Waals surface area contributed by atoms with Gasteiger partial charge in [0.25, 0.3) is 0 Å². The number of aromatic amines is 1. The van der Waals surface area contributed by atoms with Gasteiger partial charge in [0.1, 0.15) is 0 Å². The van der Waals surface area contributed by atoms with Crippen molar-refractivity contribution in [2.24, 2.45) is 5.41 Å². The lowest BCUT2D eigenvalue weighted by Crippen LogP contribution is -2.40. The average Bonchev–Trinajstić information content (AvgIpc) is 2.85. The van der Waals surface area contributed by atoms with Gasteiger partial charge in [0.15, 0.2) is 0 Å². The first-order chi connectivity index (χ1) is 7.60. The molecule has 0 radical (unpaired) electrons. The van der Waals surface area contributed by atoms with Crippen molar-refractivity contribution in [2.75, 3.05) is 13.1 Å². The largest absolute Gasteiger partial charge is 0.350 e. The van der Waals surface area contributed by atoms with Crippen LogP contribution in [0, 0.1) is 5.41 Å². The number of hydrogen-bond donors (Lipinski definition) is 3. The second-order valence-corrected chi connectivity index (χ2v) is 5.19. The zero-order chi connectivity index (χ0) is 11.6. The summed E-state index contributed by atoms with van der Waals surface area (Å²) in [6, 6.07) is 0. The van der Waals surface area contributed by atoms with Crippen LogP contribution in [0.2, 0.25) is 0 Å². The Morgan fingerprint density at radius 2 is 2.50 bits per heavy atom. The molecular formula is C10H15N3O2S. The molecule has 2 heterocycles. The first-order valence-corrected chi connectivity index (χ1v) is 6.14. The van der Waals surface area contributed by atoms with Crippen LogP contribution in [-0.2, 0) is 11.3 Å². The van der Waals surface area contributed by atoms with E-state index in [-0.39, 0.29) is 16.2 Å². The summed E-state index contributed by atoms with van der Waals surface area (Å²) in [5.41, 5.74) is 0.453. The molecule has 2 rings (SSSR count). The van der Waals surface area contributed by atoms with Crippen LogP contribution < -0.4 is 15.5 Å². The molecule has 3 N–H and O–H groups in total. The minimum absolute atomic E-state index is 0.0459. The van der Waals surface area contributed by atoms with Crippen molar-refractivity contribution in [3.05, 3.63) is 20.7 Å². The van der Waals surface area contributed by atoms with Gasteiger partial charge in [-0.15, -0.1) is 0 Å². The molecule has 0 aliphatic carbocycles. The fourth-order valence-corrected chi connectivity index (χ4v) is 2.38. The van der Waals surface area contributed by atoms with E-state index in [0.717, 1.165) is 36.5 Å². The molecule has 1 saturated heterocycles. The highest BCUT2D eigenvalue weighted by atomic mass is 32.1. The van der Waals surface area contributed by atoms with Crippen LogP contribution in [0.5, 0.6) is 0 Å². The van der Waals surface area contributed by atoms with E-state index in [0.29, 0.717) is 6.54 Å². The number of nitrogens with one attached hydrogen (secondary N) is 3. The highest BCUT2D eigenvalue weighted by Crippen LogP contribution is 2.24. The maximum Gasteiger partial charge on any atom is 0.304 e. The fraction of sp³-hybridized carbons (Fsp3) is 0.600. The van der Waals surface area contributed by atoms with Crippen molar-refractivity contribution in [1.82, 2.24) is 15.6 Å².